The van der Waals surface area contributed by atoms with Gasteiger partial charge in [0.05, 0.1) is 10.6 Å². The van der Waals surface area contributed by atoms with E-state index in [2.05, 4.69) is 5.32 Å². The summed E-state index contributed by atoms with van der Waals surface area (Å²) in [6.45, 7) is 7.67. The highest BCUT2D eigenvalue weighted by Gasteiger charge is 2.35. The average Bonchev–Trinajstić information content (AvgIpc) is 3.01. The molecule has 0 aliphatic heterocycles. The number of carbonyl (C=O) groups is 2. The van der Waals surface area contributed by atoms with E-state index in [0.717, 1.165) is 21.0 Å². The minimum atomic E-state index is -4.19. The summed E-state index contributed by atoms with van der Waals surface area (Å²) >= 11 is 6.23. The van der Waals surface area contributed by atoms with E-state index >= 15 is 0 Å². The monoisotopic (exact) mass is 645 g/mol. The Kier molecular flexibility index (Phi) is 11.4. The van der Waals surface area contributed by atoms with Crippen LogP contribution in [0.2, 0.25) is 5.02 Å². The summed E-state index contributed by atoms with van der Waals surface area (Å²) in [5.41, 5.74) is 3.53. The first kappa shape index (κ1) is 33.7. The summed E-state index contributed by atoms with van der Waals surface area (Å²) in [7, 11) is -4.19. The molecule has 0 aromatic heterocycles. The fourth-order valence-electron chi connectivity index (χ4n) is 5.01. The highest BCUT2D eigenvalue weighted by molar-refractivity contribution is 7.92. The van der Waals surface area contributed by atoms with E-state index in [1.807, 2.05) is 81.4 Å². The van der Waals surface area contributed by atoms with Gasteiger partial charge in [-0.2, -0.15) is 0 Å². The van der Waals surface area contributed by atoms with Crippen LogP contribution in [0.4, 0.5) is 5.69 Å². The number of carbonyl (C=O) groups excluding carboxylic acids is 2. The van der Waals surface area contributed by atoms with Gasteiger partial charge in [0.2, 0.25) is 11.8 Å². The van der Waals surface area contributed by atoms with Crippen LogP contribution >= 0.6 is 11.6 Å². The largest absolute Gasteiger partial charge is 0.354 e. The second-order valence-corrected chi connectivity index (χ2v) is 13.9. The molecule has 0 heterocycles. The van der Waals surface area contributed by atoms with Gasteiger partial charge in [-0.25, -0.2) is 8.42 Å². The van der Waals surface area contributed by atoms with E-state index in [1.54, 1.807) is 37.3 Å². The standard InChI is InChI=1S/C36H40ClN3O4S/c1-26(2)23-38-36(42)34(22-29-11-7-5-8-12-29)39(24-30-13-9-6-10-14-30)35(41)25-40(33-20-17-31(37)21-28(33)4)45(43,44)32-18-15-27(3)16-19-32/h5-21,26,34H,22-25H2,1-4H3,(H,38,42)/t34-/m0/s1. The second-order valence-electron chi connectivity index (χ2n) is 11.6. The lowest BCUT2D eigenvalue weighted by Crippen LogP contribution is -2.53. The van der Waals surface area contributed by atoms with Gasteiger partial charge in [0.1, 0.15) is 12.6 Å². The normalized spacial score (nSPS) is 12.0. The lowest BCUT2D eigenvalue weighted by atomic mass is 10.0. The van der Waals surface area contributed by atoms with Crippen LogP contribution in [0.15, 0.2) is 108 Å². The van der Waals surface area contributed by atoms with Crippen molar-refractivity contribution in [2.45, 2.75) is 51.6 Å². The lowest BCUT2D eigenvalue weighted by Gasteiger charge is -2.34. The molecule has 0 bridgehead atoms. The molecule has 0 unspecified atom stereocenters. The highest BCUT2D eigenvalue weighted by atomic mass is 35.5. The van der Waals surface area contributed by atoms with Gasteiger partial charge in [-0.05, 0) is 66.8 Å². The summed E-state index contributed by atoms with van der Waals surface area (Å²) in [5, 5.41) is 3.46. The number of anilines is 1. The summed E-state index contributed by atoms with van der Waals surface area (Å²) < 4.78 is 29.5. The molecule has 9 heteroatoms. The Morgan fingerprint density at radius 1 is 0.822 bits per heavy atom. The van der Waals surface area contributed by atoms with Crippen molar-refractivity contribution in [1.29, 1.82) is 0 Å². The molecular weight excluding hydrogens is 606 g/mol. The Hall–Kier alpha value is -4.14. The van der Waals surface area contributed by atoms with Crippen molar-refractivity contribution in [3.8, 4) is 0 Å². The van der Waals surface area contributed by atoms with Crippen molar-refractivity contribution in [1.82, 2.24) is 10.2 Å². The maximum Gasteiger partial charge on any atom is 0.264 e. The van der Waals surface area contributed by atoms with Gasteiger partial charge in [0.15, 0.2) is 0 Å². The van der Waals surface area contributed by atoms with Crippen molar-refractivity contribution in [3.05, 3.63) is 130 Å². The summed E-state index contributed by atoms with van der Waals surface area (Å²) in [6.07, 6.45) is 0.258. The fraction of sp³-hybridized carbons (Fsp3) is 0.278. The molecule has 1 N–H and O–H groups in total. The molecule has 0 aliphatic rings. The molecule has 1 atom stereocenters. The van der Waals surface area contributed by atoms with E-state index in [4.69, 9.17) is 11.6 Å². The maximum absolute atomic E-state index is 14.5. The highest BCUT2D eigenvalue weighted by Crippen LogP contribution is 2.30. The van der Waals surface area contributed by atoms with Crippen LogP contribution in [0.5, 0.6) is 0 Å². The van der Waals surface area contributed by atoms with Crippen LogP contribution in [0, 0.1) is 19.8 Å². The molecule has 236 valence electrons. The zero-order valence-electron chi connectivity index (χ0n) is 26.1. The topological polar surface area (TPSA) is 86.8 Å². The van der Waals surface area contributed by atoms with Crippen LogP contribution in [0.3, 0.4) is 0 Å². The first-order valence-electron chi connectivity index (χ1n) is 15.0. The number of benzene rings is 4. The van der Waals surface area contributed by atoms with E-state index < -0.39 is 28.5 Å². The third-order valence-electron chi connectivity index (χ3n) is 7.47. The third kappa shape index (κ3) is 8.96. The molecule has 0 radical (unpaired) electrons. The molecule has 2 amide bonds. The number of hydrogen-bond donors (Lipinski definition) is 1. The Bertz CT molecular complexity index is 1700. The van der Waals surface area contributed by atoms with Crippen LogP contribution in [-0.2, 0) is 32.6 Å². The minimum Gasteiger partial charge on any atom is -0.354 e. The average molecular weight is 646 g/mol. The predicted octanol–water partition coefficient (Wildman–Crippen LogP) is 6.56. The van der Waals surface area contributed by atoms with Crippen LogP contribution in [0.25, 0.3) is 0 Å². The molecule has 45 heavy (non-hydrogen) atoms. The van der Waals surface area contributed by atoms with Gasteiger partial charge in [-0.1, -0.05) is 104 Å². The van der Waals surface area contributed by atoms with E-state index in [-0.39, 0.29) is 29.7 Å². The van der Waals surface area contributed by atoms with Gasteiger partial charge in [-0.3, -0.25) is 13.9 Å². The quantitative estimate of drug-likeness (QED) is 0.178. The van der Waals surface area contributed by atoms with Crippen molar-refractivity contribution < 1.29 is 18.0 Å². The zero-order valence-corrected chi connectivity index (χ0v) is 27.7. The Balaban J connectivity index is 1.81. The van der Waals surface area contributed by atoms with E-state index in [9.17, 15) is 18.0 Å². The van der Waals surface area contributed by atoms with Crippen LogP contribution in [-0.4, -0.2) is 44.3 Å². The first-order valence-corrected chi connectivity index (χ1v) is 16.8. The maximum atomic E-state index is 14.5. The smallest absolute Gasteiger partial charge is 0.264 e. The Morgan fingerprint density at radius 2 is 1.42 bits per heavy atom. The van der Waals surface area contributed by atoms with Gasteiger partial charge in [0, 0.05) is 24.5 Å². The molecule has 4 aromatic carbocycles. The number of aryl methyl sites for hydroxylation is 2. The zero-order chi connectivity index (χ0) is 32.6. The van der Waals surface area contributed by atoms with E-state index in [1.165, 1.54) is 17.0 Å². The van der Waals surface area contributed by atoms with Crippen LogP contribution in [0.1, 0.15) is 36.1 Å². The van der Waals surface area contributed by atoms with Gasteiger partial charge < -0.3 is 10.2 Å². The summed E-state index contributed by atoms with van der Waals surface area (Å²) in [5.74, 6) is -0.607. The third-order valence-corrected chi connectivity index (χ3v) is 9.48. The molecule has 0 aliphatic carbocycles. The fourth-order valence-corrected chi connectivity index (χ4v) is 6.71. The van der Waals surface area contributed by atoms with Crippen LogP contribution < -0.4 is 9.62 Å². The number of nitrogens with one attached hydrogen (secondary N) is 1. The molecule has 4 aromatic rings. The van der Waals surface area contributed by atoms with E-state index in [0.29, 0.717) is 22.8 Å². The van der Waals surface area contributed by atoms with Gasteiger partial charge >= 0.3 is 0 Å². The lowest BCUT2D eigenvalue weighted by molar-refractivity contribution is -0.140. The number of halogens is 1. The van der Waals surface area contributed by atoms with Gasteiger partial charge in [0.25, 0.3) is 10.0 Å². The molecule has 0 saturated heterocycles. The number of nitrogens with zero attached hydrogens (tertiary/aromatic N) is 2. The number of rotatable bonds is 13. The van der Waals surface area contributed by atoms with Crippen molar-refractivity contribution >= 4 is 39.1 Å². The molecule has 0 fully saturated rings. The molecule has 0 saturated carbocycles. The molecule has 0 spiro atoms. The number of amides is 2. The number of sulfonamides is 1. The Labute approximate surface area is 271 Å². The van der Waals surface area contributed by atoms with Gasteiger partial charge in [-0.15, -0.1) is 0 Å². The molecule has 4 rings (SSSR count). The molecule has 7 nitrogen and oxygen atoms in total. The first-order chi connectivity index (χ1) is 21.5. The number of hydrogen-bond acceptors (Lipinski definition) is 4. The SMILES string of the molecule is Cc1ccc(S(=O)(=O)N(CC(=O)N(Cc2ccccc2)[C@@H](Cc2ccccc2)C(=O)NCC(C)C)c2ccc(Cl)cc2C)cc1. The van der Waals surface area contributed by atoms with Crippen molar-refractivity contribution in [3.63, 3.8) is 0 Å². The second kappa shape index (κ2) is 15.2. The summed E-state index contributed by atoms with van der Waals surface area (Å²) in [4.78, 5) is 29.9. The van der Waals surface area contributed by atoms with Crippen molar-refractivity contribution in [2.24, 2.45) is 5.92 Å². The molecular formula is C36H40ClN3O4S. The summed E-state index contributed by atoms with van der Waals surface area (Å²) in [6, 6.07) is 29.4. The minimum absolute atomic E-state index is 0.0559. The Morgan fingerprint density at radius 3 is 2.00 bits per heavy atom. The van der Waals surface area contributed by atoms with Crippen molar-refractivity contribution in [2.75, 3.05) is 17.4 Å². The predicted molar refractivity (Wildman–Crippen MR) is 181 cm³/mol.